The molecule has 4 heteroatoms. The summed E-state index contributed by atoms with van der Waals surface area (Å²) in [6, 6.07) is 7.87. The number of hydrogen-bond acceptors (Lipinski definition) is 4. The molecule has 4 nitrogen and oxygen atoms in total. The molecule has 0 bridgehead atoms. The zero-order valence-electron chi connectivity index (χ0n) is 14.3. The number of ether oxygens (including phenoxy) is 2. The van der Waals surface area contributed by atoms with Gasteiger partial charge in [-0.3, -0.25) is 9.80 Å². The maximum Gasteiger partial charge on any atom is 0.231 e. The van der Waals surface area contributed by atoms with E-state index >= 15 is 0 Å². The molecule has 0 aromatic heterocycles. The minimum absolute atomic E-state index is 0.359. The Labute approximate surface area is 139 Å². The molecule has 126 valence electrons. The molecule has 3 heterocycles. The van der Waals surface area contributed by atoms with Crippen molar-refractivity contribution in [1.29, 1.82) is 0 Å². The van der Waals surface area contributed by atoms with Crippen molar-refractivity contribution in [2.75, 3.05) is 33.0 Å². The van der Waals surface area contributed by atoms with Gasteiger partial charge in [0.05, 0.1) is 0 Å². The van der Waals surface area contributed by atoms with Crippen LogP contribution in [0.1, 0.15) is 32.3 Å². The summed E-state index contributed by atoms with van der Waals surface area (Å²) in [6.07, 6.45) is 3.88. The molecule has 1 aromatic carbocycles. The molecule has 3 atom stereocenters. The van der Waals surface area contributed by atoms with Crippen molar-refractivity contribution in [3.8, 4) is 11.5 Å². The lowest BCUT2D eigenvalue weighted by atomic mass is 9.98. The molecular formula is C19H28N2O2. The minimum Gasteiger partial charge on any atom is -0.454 e. The Balaban J connectivity index is 1.35. The number of rotatable bonds is 4. The van der Waals surface area contributed by atoms with Gasteiger partial charge >= 0.3 is 0 Å². The summed E-state index contributed by atoms with van der Waals surface area (Å²) < 4.78 is 10.9. The standard InChI is InChI=1S/C19H28N2O2/c1-14(8-16-5-6-18-19(9-16)23-13-22-18)10-21-12-17-4-3-7-20(17)11-15(21)2/h5-6,9,14-15,17H,3-4,7-8,10-13H2,1-2H3/t14-,15-,17-/m1/s1. The number of benzene rings is 1. The van der Waals surface area contributed by atoms with Crippen LogP contribution in [0.25, 0.3) is 0 Å². The minimum atomic E-state index is 0.359. The van der Waals surface area contributed by atoms with E-state index in [-0.39, 0.29) is 0 Å². The van der Waals surface area contributed by atoms with E-state index in [1.54, 1.807) is 0 Å². The first-order chi connectivity index (χ1) is 11.2. The van der Waals surface area contributed by atoms with Crippen molar-refractivity contribution in [2.24, 2.45) is 5.92 Å². The number of fused-ring (bicyclic) bond motifs is 2. The maximum absolute atomic E-state index is 5.50. The summed E-state index contributed by atoms with van der Waals surface area (Å²) in [5.41, 5.74) is 1.36. The van der Waals surface area contributed by atoms with Gasteiger partial charge in [0.2, 0.25) is 6.79 Å². The van der Waals surface area contributed by atoms with Crippen molar-refractivity contribution in [1.82, 2.24) is 9.80 Å². The van der Waals surface area contributed by atoms with Crippen LogP contribution in [-0.2, 0) is 6.42 Å². The highest BCUT2D eigenvalue weighted by atomic mass is 16.7. The van der Waals surface area contributed by atoms with E-state index in [0.29, 0.717) is 18.8 Å². The average molecular weight is 316 g/mol. The van der Waals surface area contributed by atoms with Crippen molar-refractivity contribution in [2.45, 2.75) is 45.2 Å². The third-order valence-corrected chi connectivity index (χ3v) is 5.63. The predicted octanol–water partition coefficient (Wildman–Crippen LogP) is 2.76. The average Bonchev–Trinajstić information content (AvgIpc) is 3.15. The van der Waals surface area contributed by atoms with Gasteiger partial charge in [-0.1, -0.05) is 13.0 Å². The second-order valence-corrected chi connectivity index (χ2v) is 7.59. The van der Waals surface area contributed by atoms with Crippen LogP contribution in [0.5, 0.6) is 11.5 Å². The first-order valence-corrected chi connectivity index (χ1v) is 9.05. The number of hydrogen-bond donors (Lipinski definition) is 0. The molecule has 1 aromatic rings. The Kier molecular flexibility index (Phi) is 4.20. The van der Waals surface area contributed by atoms with E-state index in [4.69, 9.17) is 9.47 Å². The highest BCUT2D eigenvalue weighted by molar-refractivity contribution is 5.44. The van der Waals surface area contributed by atoms with E-state index in [0.717, 1.165) is 24.0 Å². The van der Waals surface area contributed by atoms with E-state index in [9.17, 15) is 0 Å². The van der Waals surface area contributed by atoms with E-state index in [2.05, 4.69) is 35.8 Å². The summed E-state index contributed by atoms with van der Waals surface area (Å²) in [6.45, 7) is 10.1. The van der Waals surface area contributed by atoms with Gasteiger partial charge in [0.15, 0.2) is 11.5 Å². The smallest absolute Gasteiger partial charge is 0.231 e. The van der Waals surface area contributed by atoms with E-state index in [1.165, 1.54) is 44.6 Å². The first-order valence-electron chi connectivity index (χ1n) is 9.05. The van der Waals surface area contributed by atoms with Gasteiger partial charge in [-0.05, 0) is 56.3 Å². The quantitative estimate of drug-likeness (QED) is 0.853. The molecule has 0 aliphatic carbocycles. The number of piperazine rings is 1. The van der Waals surface area contributed by atoms with Crippen LogP contribution in [0.2, 0.25) is 0 Å². The van der Waals surface area contributed by atoms with Gasteiger partial charge in [0, 0.05) is 31.7 Å². The zero-order chi connectivity index (χ0) is 15.8. The molecule has 3 aliphatic heterocycles. The Morgan fingerprint density at radius 1 is 1.22 bits per heavy atom. The first kappa shape index (κ1) is 15.3. The van der Waals surface area contributed by atoms with Crippen molar-refractivity contribution >= 4 is 0 Å². The SMILES string of the molecule is C[C@H](Cc1ccc2c(c1)OCO2)CN1C[C@H]2CCCN2C[C@H]1C. The third-order valence-electron chi connectivity index (χ3n) is 5.63. The zero-order valence-corrected chi connectivity index (χ0v) is 14.3. The third kappa shape index (κ3) is 3.20. The summed E-state index contributed by atoms with van der Waals surface area (Å²) in [5, 5.41) is 0. The summed E-state index contributed by atoms with van der Waals surface area (Å²) in [7, 11) is 0. The van der Waals surface area contributed by atoms with Gasteiger partial charge < -0.3 is 9.47 Å². The Morgan fingerprint density at radius 3 is 3.00 bits per heavy atom. The lowest BCUT2D eigenvalue weighted by Gasteiger charge is -2.43. The van der Waals surface area contributed by atoms with Crippen LogP contribution < -0.4 is 9.47 Å². The molecular weight excluding hydrogens is 288 g/mol. The van der Waals surface area contributed by atoms with Crippen LogP contribution in [0, 0.1) is 5.92 Å². The largest absolute Gasteiger partial charge is 0.454 e. The van der Waals surface area contributed by atoms with Gasteiger partial charge in [0.25, 0.3) is 0 Å². The van der Waals surface area contributed by atoms with E-state index in [1.807, 2.05) is 6.07 Å². The van der Waals surface area contributed by atoms with Gasteiger partial charge in [-0.15, -0.1) is 0 Å². The summed E-state index contributed by atoms with van der Waals surface area (Å²) in [4.78, 5) is 5.41. The Bertz CT molecular complexity index is 562. The van der Waals surface area contributed by atoms with Crippen molar-refractivity contribution in [3.63, 3.8) is 0 Å². The Morgan fingerprint density at radius 2 is 2.09 bits per heavy atom. The number of nitrogens with zero attached hydrogens (tertiary/aromatic N) is 2. The fourth-order valence-electron chi connectivity index (χ4n) is 4.44. The van der Waals surface area contributed by atoms with E-state index < -0.39 is 0 Å². The predicted molar refractivity (Wildman–Crippen MR) is 91.1 cm³/mol. The van der Waals surface area contributed by atoms with Crippen LogP contribution in [-0.4, -0.2) is 54.9 Å². The van der Waals surface area contributed by atoms with Gasteiger partial charge in [0.1, 0.15) is 0 Å². The molecule has 0 spiro atoms. The van der Waals surface area contributed by atoms with Crippen LogP contribution in [0.3, 0.4) is 0 Å². The van der Waals surface area contributed by atoms with Crippen LogP contribution in [0.4, 0.5) is 0 Å². The molecule has 2 saturated heterocycles. The fourth-order valence-corrected chi connectivity index (χ4v) is 4.44. The molecule has 0 unspecified atom stereocenters. The summed E-state index contributed by atoms with van der Waals surface area (Å²) in [5.74, 6) is 2.45. The van der Waals surface area contributed by atoms with Gasteiger partial charge in [-0.2, -0.15) is 0 Å². The molecule has 23 heavy (non-hydrogen) atoms. The lowest BCUT2D eigenvalue weighted by Crippen LogP contribution is -2.55. The maximum atomic E-state index is 5.50. The van der Waals surface area contributed by atoms with Crippen molar-refractivity contribution < 1.29 is 9.47 Å². The van der Waals surface area contributed by atoms with Crippen LogP contribution >= 0.6 is 0 Å². The fraction of sp³-hybridized carbons (Fsp3) is 0.684. The molecule has 3 aliphatic rings. The highest BCUT2D eigenvalue weighted by Gasteiger charge is 2.34. The van der Waals surface area contributed by atoms with Gasteiger partial charge in [-0.25, -0.2) is 0 Å². The Hall–Kier alpha value is -1.26. The molecule has 0 radical (unpaired) electrons. The second-order valence-electron chi connectivity index (χ2n) is 7.59. The normalized spacial score (nSPS) is 28.8. The highest BCUT2D eigenvalue weighted by Crippen LogP contribution is 2.33. The van der Waals surface area contributed by atoms with Crippen molar-refractivity contribution in [3.05, 3.63) is 23.8 Å². The topological polar surface area (TPSA) is 24.9 Å². The summed E-state index contributed by atoms with van der Waals surface area (Å²) >= 11 is 0. The lowest BCUT2D eigenvalue weighted by molar-refractivity contribution is 0.0499. The monoisotopic (exact) mass is 316 g/mol. The molecule has 0 amide bonds. The molecule has 4 rings (SSSR count). The second kappa shape index (κ2) is 6.33. The van der Waals surface area contributed by atoms with Crippen LogP contribution in [0.15, 0.2) is 18.2 Å². The molecule has 0 saturated carbocycles. The molecule has 0 N–H and O–H groups in total. The molecule has 2 fully saturated rings.